The second kappa shape index (κ2) is 6.62. The minimum atomic E-state index is 0.575. The third-order valence-corrected chi connectivity index (χ3v) is 4.58. The zero-order valence-electron chi connectivity index (χ0n) is 12.2. The van der Waals surface area contributed by atoms with Crippen molar-refractivity contribution >= 4 is 17.3 Å². The number of nitrogens with zero attached hydrogens (tertiary/aromatic N) is 1. The summed E-state index contributed by atoms with van der Waals surface area (Å²) in [6.07, 6.45) is 2.59. The van der Waals surface area contributed by atoms with Crippen molar-refractivity contribution in [3.05, 3.63) is 28.8 Å². The van der Waals surface area contributed by atoms with Crippen molar-refractivity contribution < 1.29 is 0 Å². The van der Waals surface area contributed by atoms with Crippen LogP contribution in [0.5, 0.6) is 0 Å². The Morgan fingerprint density at radius 1 is 1.37 bits per heavy atom. The van der Waals surface area contributed by atoms with Gasteiger partial charge < -0.3 is 10.2 Å². The molecule has 0 saturated carbocycles. The number of anilines is 1. The average molecular weight is 281 g/mol. The lowest BCUT2D eigenvalue weighted by atomic mass is 9.91. The molecule has 0 aromatic heterocycles. The normalized spacial score (nSPS) is 23.7. The van der Waals surface area contributed by atoms with Gasteiger partial charge >= 0.3 is 0 Å². The molecule has 0 aliphatic carbocycles. The molecule has 0 bridgehead atoms. The molecule has 1 aliphatic heterocycles. The van der Waals surface area contributed by atoms with Gasteiger partial charge in [0.1, 0.15) is 0 Å². The van der Waals surface area contributed by atoms with Crippen molar-refractivity contribution in [2.24, 2.45) is 5.92 Å². The summed E-state index contributed by atoms with van der Waals surface area (Å²) in [7, 11) is 0. The highest BCUT2D eigenvalue weighted by Crippen LogP contribution is 2.33. The molecule has 3 heteroatoms. The smallest absolute Gasteiger partial charge is 0.0642 e. The van der Waals surface area contributed by atoms with E-state index in [4.69, 9.17) is 11.6 Å². The number of nitrogens with one attached hydrogen (secondary N) is 1. The average Bonchev–Trinajstić information content (AvgIpc) is 2.40. The fourth-order valence-electron chi connectivity index (χ4n) is 2.84. The molecule has 2 unspecified atom stereocenters. The molecule has 106 valence electrons. The first-order valence-electron chi connectivity index (χ1n) is 7.39. The fraction of sp³-hybridized carbons (Fsp3) is 0.625. The van der Waals surface area contributed by atoms with Gasteiger partial charge in [-0.2, -0.15) is 0 Å². The molecule has 2 nitrogen and oxygen atoms in total. The van der Waals surface area contributed by atoms with Crippen LogP contribution < -0.4 is 10.2 Å². The maximum atomic E-state index is 6.49. The zero-order chi connectivity index (χ0) is 13.8. The minimum Gasteiger partial charge on any atom is -0.367 e. The third-order valence-electron chi connectivity index (χ3n) is 4.27. The summed E-state index contributed by atoms with van der Waals surface area (Å²) < 4.78 is 0. The highest BCUT2D eigenvalue weighted by Gasteiger charge is 2.26. The number of rotatable bonds is 4. The summed E-state index contributed by atoms with van der Waals surface area (Å²) in [6, 6.07) is 7.05. The predicted molar refractivity (Wildman–Crippen MR) is 84.0 cm³/mol. The Hall–Kier alpha value is -0.730. The van der Waals surface area contributed by atoms with Crippen molar-refractivity contribution in [2.45, 2.75) is 46.2 Å². The monoisotopic (exact) mass is 280 g/mol. The van der Waals surface area contributed by atoms with Crippen LogP contribution in [0.4, 0.5) is 5.69 Å². The Balaban J connectivity index is 2.15. The van der Waals surface area contributed by atoms with E-state index in [1.165, 1.54) is 24.1 Å². The van der Waals surface area contributed by atoms with Crippen LogP contribution in [0.15, 0.2) is 18.2 Å². The Labute approximate surface area is 122 Å². The SMILES string of the molecule is CCNCc1ccc(N2CCCC(C)C2C)c(Cl)c1. The van der Waals surface area contributed by atoms with E-state index >= 15 is 0 Å². The third kappa shape index (κ3) is 3.43. The van der Waals surface area contributed by atoms with Crippen molar-refractivity contribution in [1.29, 1.82) is 0 Å². The number of benzene rings is 1. The highest BCUT2D eigenvalue weighted by molar-refractivity contribution is 6.33. The predicted octanol–water partition coefficient (Wildman–Crippen LogP) is 4.07. The summed E-state index contributed by atoms with van der Waals surface area (Å²) >= 11 is 6.49. The van der Waals surface area contributed by atoms with Gasteiger partial charge in [-0.25, -0.2) is 0 Å². The lowest BCUT2D eigenvalue weighted by Gasteiger charge is -2.40. The summed E-state index contributed by atoms with van der Waals surface area (Å²) in [6.45, 7) is 9.77. The first-order chi connectivity index (χ1) is 9.13. The molecule has 19 heavy (non-hydrogen) atoms. The van der Waals surface area contributed by atoms with Crippen LogP contribution in [0.1, 0.15) is 39.2 Å². The van der Waals surface area contributed by atoms with E-state index in [1.54, 1.807) is 0 Å². The van der Waals surface area contributed by atoms with Gasteiger partial charge in [-0.1, -0.05) is 31.5 Å². The second-order valence-corrected chi connectivity index (χ2v) is 6.03. The standard InChI is InChI=1S/C16H25ClN2/c1-4-18-11-14-7-8-16(15(17)10-14)19-9-5-6-12(2)13(19)3/h7-8,10,12-13,18H,4-6,9,11H2,1-3H3. The summed E-state index contributed by atoms with van der Waals surface area (Å²) in [5.41, 5.74) is 2.45. The lowest BCUT2D eigenvalue weighted by molar-refractivity contribution is 0.363. The molecule has 2 atom stereocenters. The van der Waals surface area contributed by atoms with E-state index in [9.17, 15) is 0 Å². The molecule has 1 heterocycles. The van der Waals surface area contributed by atoms with Crippen LogP contribution >= 0.6 is 11.6 Å². The molecule has 2 rings (SSSR count). The van der Waals surface area contributed by atoms with Crippen LogP contribution in [0, 0.1) is 5.92 Å². The van der Waals surface area contributed by atoms with E-state index in [0.29, 0.717) is 6.04 Å². The summed E-state index contributed by atoms with van der Waals surface area (Å²) in [5, 5.41) is 4.22. The van der Waals surface area contributed by atoms with Crippen molar-refractivity contribution in [1.82, 2.24) is 5.32 Å². The zero-order valence-corrected chi connectivity index (χ0v) is 13.0. The van der Waals surface area contributed by atoms with Crippen LogP contribution in [0.2, 0.25) is 5.02 Å². The van der Waals surface area contributed by atoms with Gasteiger partial charge in [0.25, 0.3) is 0 Å². The first kappa shape index (κ1) is 14.7. The Bertz CT molecular complexity index is 419. The molecule has 1 aromatic carbocycles. The van der Waals surface area contributed by atoms with Crippen molar-refractivity contribution in [3.63, 3.8) is 0 Å². The molecular weight excluding hydrogens is 256 g/mol. The number of hydrogen-bond acceptors (Lipinski definition) is 2. The Morgan fingerprint density at radius 3 is 2.84 bits per heavy atom. The molecule has 1 aliphatic rings. The lowest BCUT2D eigenvalue weighted by Crippen LogP contribution is -2.42. The van der Waals surface area contributed by atoms with Gasteiger partial charge in [-0.05, 0) is 49.9 Å². The first-order valence-corrected chi connectivity index (χ1v) is 7.77. The van der Waals surface area contributed by atoms with Crippen molar-refractivity contribution in [2.75, 3.05) is 18.0 Å². The number of halogens is 1. The van der Waals surface area contributed by atoms with Crippen LogP contribution in [0.25, 0.3) is 0 Å². The molecule has 1 N–H and O–H groups in total. The number of piperidine rings is 1. The van der Waals surface area contributed by atoms with E-state index in [2.05, 4.69) is 49.2 Å². The largest absolute Gasteiger partial charge is 0.367 e. The molecular formula is C16H25ClN2. The van der Waals surface area contributed by atoms with E-state index in [1.807, 2.05) is 0 Å². The fourth-order valence-corrected chi connectivity index (χ4v) is 3.15. The van der Waals surface area contributed by atoms with Gasteiger partial charge in [0.15, 0.2) is 0 Å². The molecule has 1 saturated heterocycles. The quantitative estimate of drug-likeness (QED) is 0.894. The van der Waals surface area contributed by atoms with E-state index < -0.39 is 0 Å². The van der Waals surface area contributed by atoms with Gasteiger partial charge in [-0.15, -0.1) is 0 Å². The summed E-state index contributed by atoms with van der Waals surface area (Å²) in [4.78, 5) is 2.47. The molecule has 1 fully saturated rings. The topological polar surface area (TPSA) is 15.3 Å². The maximum Gasteiger partial charge on any atom is 0.0642 e. The Morgan fingerprint density at radius 2 is 2.16 bits per heavy atom. The molecule has 0 spiro atoms. The summed E-state index contributed by atoms with van der Waals surface area (Å²) in [5.74, 6) is 0.742. The van der Waals surface area contributed by atoms with Gasteiger partial charge in [0, 0.05) is 19.1 Å². The minimum absolute atomic E-state index is 0.575. The van der Waals surface area contributed by atoms with Gasteiger partial charge in [0.2, 0.25) is 0 Å². The molecule has 1 aromatic rings. The van der Waals surface area contributed by atoms with Gasteiger partial charge in [0.05, 0.1) is 10.7 Å². The maximum absolute atomic E-state index is 6.49. The second-order valence-electron chi connectivity index (χ2n) is 5.62. The van der Waals surface area contributed by atoms with Crippen molar-refractivity contribution in [3.8, 4) is 0 Å². The van der Waals surface area contributed by atoms with Crippen LogP contribution in [-0.2, 0) is 6.54 Å². The molecule has 0 radical (unpaired) electrons. The van der Waals surface area contributed by atoms with Gasteiger partial charge in [-0.3, -0.25) is 0 Å². The van der Waals surface area contributed by atoms with Crippen LogP contribution in [-0.4, -0.2) is 19.1 Å². The van der Waals surface area contributed by atoms with Crippen LogP contribution in [0.3, 0.4) is 0 Å². The Kier molecular flexibility index (Phi) is 5.12. The highest BCUT2D eigenvalue weighted by atomic mass is 35.5. The molecule has 0 amide bonds. The number of hydrogen-bond donors (Lipinski definition) is 1. The van der Waals surface area contributed by atoms with E-state index in [-0.39, 0.29) is 0 Å². The van der Waals surface area contributed by atoms with E-state index in [0.717, 1.165) is 30.6 Å².